The average molecular weight is 511 g/mol. The van der Waals surface area contributed by atoms with Gasteiger partial charge in [-0.05, 0) is 66.9 Å². The molecule has 170 valence electrons. The average Bonchev–Trinajstić information content (AvgIpc) is 2.79. The van der Waals surface area contributed by atoms with Crippen LogP contribution in [0.4, 0.5) is 0 Å². The van der Waals surface area contributed by atoms with Crippen molar-refractivity contribution in [1.82, 2.24) is 5.43 Å². The predicted octanol–water partition coefficient (Wildman–Crippen LogP) is 4.82. The second kappa shape index (κ2) is 11.3. The van der Waals surface area contributed by atoms with E-state index < -0.39 is 5.97 Å². The number of methoxy groups -OCH3 is 1. The van der Waals surface area contributed by atoms with E-state index in [-0.39, 0.29) is 18.3 Å². The number of hydrazone groups is 1. The van der Waals surface area contributed by atoms with E-state index in [0.29, 0.717) is 22.6 Å². The molecule has 3 rings (SSSR count). The van der Waals surface area contributed by atoms with Crippen LogP contribution in [-0.2, 0) is 4.79 Å². The first-order valence-corrected chi connectivity index (χ1v) is 10.8. The standard InChI is InChI=1S/C25H23BrN2O5/c1-16-6-4-7-17(2)24(16)32-15-23(29)28-27-14-18-10-11-21(22(12-18)31-3)33-25(30)19-8-5-9-20(26)13-19/h4-14H,15H2,1-3H3,(H,28,29)/b27-14+. The van der Waals surface area contributed by atoms with Gasteiger partial charge in [0.2, 0.25) is 0 Å². The van der Waals surface area contributed by atoms with Crippen molar-refractivity contribution in [3.63, 3.8) is 0 Å². The van der Waals surface area contributed by atoms with Gasteiger partial charge in [0.15, 0.2) is 18.1 Å². The minimum Gasteiger partial charge on any atom is -0.493 e. The Labute approximate surface area is 200 Å². The molecule has 0 saturated carbocycles. The highest BCUT2D eigenvalue weighted by atomic mass is 79.9. The zero-order chi connectivity index (χ0) is 23.8. The summed E-state index contributed by atoms with van der Waals surface area (Å²) in [6, 6.07) is 17.6. The van der Waals surface area contributed by atoms with Crippen LogP contribution < -0.4 is 19.6 Å². The maximum atomic E-state index is 12.4. The molecule has 33 heavy (non-hydrogen) atoms. The first kappa shape index (κ1) is 24.0. The van der Waals surface area contributed by atoms with Crippen LogP contribution in [0, 0.1) is 13.8 Å². The van der Waals surface area contributed by atoms with Gasteiger partial charge in [-0.15, -0.1) is 0 Å². The molecule has 0 atom stereocenters. The molecule has 7 nitrogen and oxygen atoms in total. The Morgan fingerprint density at radius 2 is 1.73 bits per heavy atom. The van der Waals surface area contributed by atoms with Crippen LogP contribution in [0.1, 0.15) is 27.0 Å². The maximum Gasteiger partial charge on any atom is 0.343 e. The highest BCUT2D eigenvalue weighted by molar-refractivity contribution is 9.10. The summed E-state index contributed by atoms with van der Waals surface area (Å²) < 4.78 is 17.2. The van der Waals surface area contributed by atoms with Gasteiger partial charge < -0.3 is 14.2 Å². The van der Waals surface area contributed by atoms with E-state index in [1.165, 1.54) is 13.3 Å². The first-order valence-electron chi connectivity index (χ1n) is 10.0. The van der Waals surface area contributed by atoms with Crippen LogP contribution in [0.5, 0.6) is 17.2 Å². The van der Waals surface area contributed by atoms with Crippen LogP contribution in [-0.4, -0.2) is 31.8 Å². The third-order valence-electron chi connectivity index (χ3n) is 4.61. The van der Waals surface area contributed by atoms with E-state index in [9.17, 15) is 9.59 Å². The van der Waals surface area contributed by atoms with Crippen molar-refractivity contribution < 1.29 is 23.8 Å². The zero-order valence-electron chi connectivity index (χ0n) is 18.4. The van der Waals surface area contributed by atoms with Crippen LogP contribution >= 0.6 is 15.9 Å². The van der Waals surface area contributed by atoms with Crippen molar-refractivity contribution >= 4 is 34.0 Å². The lowest BCUT2D eigenvalue weighted by molar-refractivity contribution is -0.123. The predicted molar refractivity (Wildman–Crippen MR) is 129 cm³/mol. The van der Waals surface area contributed by atoms with Gasteiger partial charge >= 0.3 is 5.97 Å². The molecule has 0 fully saturated rings. The summed E-state index contributed by atoms with van der Waals surface area (Å²) in [7, 11) is 1.47. The Hall–Kier alpha value is -3.65. The molecule has 0 heterocycles. The molecule has 1 N–H and O–H groups in total. The molecule has 0 spiro atoms. The Balaban J connectivity index is 1.58. The van der Waals surface area contributed by atoms with E-state index in [2.05, 4.69) is 26.5 Å². The Morgan fingerprint density at radius 1 is 1.00 bits per heavy atom. The molecular formula is C25H23BrN2O5. The van der Waals surface area contributed by atoms with Crippen molar-refractivity contribution in [2.45, 2.75) is 13.8 Å². The van der Waals surface area contributed by atoms with Gasteiger partial charge in [-0.2, -0.15) is 5.10 Å². The Morgan fingerprint density at radius 3 is 2.42 bits per heavy atom. The SMILES string of the molecule is COc1cc(/C=N/NC(=O)COc2c(C)cccc2C)ccc1OC(=O)c1cccc(Br)c1. The van der Waals surface area contributed by atoms with Gasteiger partial charge in [-0.3, -0.25) is 4.79 Å². The molecule has 0 bridgehead atoms. The van der Waals surface area contributed by atoms with Gasteiger partial charge in [0.25, 0.3) is 5.91 Å². The number of rotatable bonds is 8. The third-order valence-corrected chi connectivity index (χ3v) is 5.10. The Kier molecular flexibility index (Phi) is 8.21. The molecule has 1 amide bonds. The fourth-order valence-corrected chi connectivity index (χ4v) is 3.40. The second-order valence-corrected chi connectivity index (χ2v) is 8.03. The molecule has 3 aromatic carbocycles. The van der Waals surface area contributed by atoms with Gasteiger partial charge in [0.1, 0.15) is 5.75 Å². The highest BCUT2D eigenvalue weighted by Crippen LogP contribution is 2.28. The Bertz CT molecular complexity index is 1170. The van der Waals surface area contributed by atoms with Gasteiger partial charge in [0, 0.05) is 4.47 Å². The van der Waals surface area contributed by atoms with Gasteiger partial charge in [-0.25, -0.2) is 10.2 Å². The quantitative estimate of drug-likeness (QED) is 0.203. The number of halogens is 1. The highest BCUT2D eigenvalue weighted by Gasteiger charge is 2.13. The minimum atomic E-state index is -0.507. The number of hydrogen-bond acceptors (Lipinski definition) is 6. The molecular weight excluding hydrogens is 488 g/mol. The molecule has 0 aliphatic heterocycles. The van der Waals surface area contributed by atoms with Crippen LogP contribution in [0.3, 0.4) is 0 Å². The maximum absolute atomic E-state index is 12.4. The number of ether oxygens (including phenoxy) is 3. The lowest BCUT2D eigenvalue weighted by Crippen LogP contribution is -2.25. The summed E-state index contributed by atoms with van der Waals surface area (Å²) in [6.45, 7) is 3.69. The topological polar surface area (TPSA) is 86.2 Å². The largest absolute Gasteiger partial charge is 0.493 e. The summed E-state index contributed by atoms with van der Waals surface area (Å²) in [6.07, 6.45) is 1.46. The number of aryl methyl sites for hydroxylation is 2. The first-order chi connectivity index (χ1) is 15.9. The van der Waals surface area contributed by atoms with Crippen molar-refractivity contribution in [2.75, 3.05) is 13.7 Å². The number of nitrogens with zero attached hydrogens (tertiary/aromatic N) is 1. The van der Waals surface area contributed by atoms with E-state index in [1.807, 2.05) is 38.1 Å². The van der Waals surface area contributed by atoms with Crippen molar-refractivity contribution in [3.8, 4) is 17.2 Å². The number of carbonyl (C=O) groups is 2. The van der Waals surface area contributed by atoms with Crippen LogP contribution in [0.15, 0.2) is 70.2 Å². The van der Waals surface area contributed by atoms with Crippen LogP contribution in [0.2, 0.25) is 0 Å². The van der Waals surface area contributed by atoms with E-state index in [1.54, 1.807) is 36.4 Å². The molecule has 0 aromatic heterocycles. The summed E-state index contributed by atoms with van der Waals surface area (Å²) in [5.41, 5.74) is 5.39. The van der Waals surface area contributed by atoms with Gasteiger partial charge in [0.05, 0.1) is 18.9 Å². The smallest absolute Gasteiger partial charge is 0.343 e. The molecule has 3 aromatic rings. The lowest BCUT2D eigenvalue weighted by Gasteiger charge is -2.11. The number of nitrogens with one attached hydrogen (secondary N) is 1. The molecule has 8 heteroatoms. The van der Waals surface area contributed by atoms with E-state index >= 15 is 0 Å². The van der Waals surface area contributed by atoms with Crippen molar-refractivity contribution in [2.24, 2.45) is 5.10 Å². The molecule has 0 unspecified atom stereocenters. The van der Waals surface area contributed by atoms with E-state index in [4.69, 9.17) is 14.2 Å². The number of benzene rings is 3. The van der Waals surface area contributed by atoms with Crippen molar-refractivity contribution in [1.29, 1.82) is 0 Å². The zero-order valence-corrected chi connectivity index (χ0v) is 20.0. The number of para-hydroxylation sites is 1. The number of hydrogen-bond donors (Lipinski definition) is 1. The summed E-state index contributed by atoms with van der Waals surface area (Å²) in [5, 5.41) is 3.95. The molecule has 0 aliphatic rings. The van der Waals surface area contributed by atoms with E-state index in [0.717, 1.165) is 15.6 Å². The fourth-order valence-electron chi connectivity index (χ4n) is 3.00. The lowest BCUT2D eigenvalue weighted by atomic mass is 10.1. The minimum absolute atomic E-state index is 0.156. The normalized spacial score (nSPS) is 10.7. The van der Waals surface area contributed by atoms with Gasteiger partial charge in [-0.1, -0.05) is 40.2 Å². The monoisotopic (exact) mass is 510 g/mol. The second-order valence-electron chi connectivity index (χ2n) is 7.11. The number of esters is 1. The molecule has 0 radical (unpaired) electrons. The van der Waals surface area contributed by atoms with Crippen molar-refractivity contribution in [3.05, 3.63) is 87.4 Å². The summed E-state index contributed by atoms with van der Waals surface area (Å²) in [5.74, 6) is 0.416. The number of carbonyl (C=O) groups excluding carboxylic acids is 2. The molecule has 0 saturated heterocycles. The molecule has 0 aliphatic carbocycles. The third kappa shape index (κ3) is 6.66. The summed E-state index contributed by atoms with van der Waals surface area (Å²) in [4.78, 5) is 24.4. The fraction of sp³-hybridized carbons (Fsp3) is 0.160. The summed E-state index contributed by atoms with van der Waals surface area (Å²) >= 11 is 3.33. The van der Waals surface area contributed by atoms with Crippen LogP contribution in [0.25, 0.3) is 0 Å². The number of amides is 1.